The molecule has 2 heterocycles. The highest BCUT2D eigenvalue weighted by atomic mass is 16.5. The number of nitrogens with one attached hydrogen (secondary N) is 2. The molecule has 1 saturated heterocycles. The topological polar surface area (TPSA) is 63.2 Å². The first kappa shape index (κ1) is 13.6. The van der Waals surface area contributed by atoms with Crippen molar-refractivity contribution >= 4 is 11.6 Å². The molecule has 1 aliphatic heterocycles. The van der Waals surface area contributed by atoms with E-state index in [1.54, 1.807) is 18.3 Å². The Kier molecular flexibility index (Phi) is 4.12. The van der Waals surface area contributed by atoms with Crippen LogP contribution in [0.5, 0.6) is 11.6 Å². The van der Waals surface area contributed by atoms with Gasteiger partial charge in [-0.15, -0.1) is 0 Å². The van der Waals surface area contributed by atoms with Crippen LogP contribution in [0.15, 0.2) is 48.7 Å². The number of para-hydroxylation sites is 1. The van der Waals surface area contributed by atoms with Crippen molar-refractivity contribution in [2.45, 2.75) is 18.9 Å². The maximum absolute atomic E-state index is 12.0. The van der Waals surface area contributed by atoms with Crippen LogP contribution in [0.2, 0.25) is 0 Å². The number of ether oxygens (including phenoxy) is 1. The van der Waals surface area contributed by atoms with Crippen molar-refractivity contribution in [3.63, 3.8) is 0 Å². The number of aromatic nitrogens is 1. The maximum Gasteiger partial charge on any atom is 0.241 e. The molecule has 1 unspecified atom stereocenters. The summed E-state index contributed by atoms with van der Waals surface area (Å²) < 4.78 is 5.60. The number of anilines is 1. The van der Waals surface area contributed by atoms with Gasteiger partial charge in [-0.2, -0.15) is 0 Å². The minimum absolute atomic E-state index is 0.00831. The third kappa shape index (κ3) is 3.58. The van der Waals surface area contributed by atoms with Crippen molar-refractivity contribution in [2.75, 3.05) is 11.9 Å². The van der Waals surface area contributed by atoms with E-state index < -0.39 is 0 Å². The van der Waals surface area contributed by atoms with Gasteiger partial charge in [0.1, 0.15) is 5.75 Å². The molecule has 0 bridgehead atoms. The molecule has 1 aromatic carbocycles. The van der Waals surface area contributed by atoms with Gasteiger partial charge in [0, 0.05) is 6.07 Å². The van der Waals surface area contributed by atoms with Crippen LogP contribution in [0.25, 0.3) is 0 Å². The smallest absolute Gasteiger partial charge is 0.241 e. The van der Waals surface area contributed by atoms with E-state index in [2.05, 4.69) is 15.6 Å². The number of rotatable bonds is 4. The molecule has 0 aliphatic carbocycles. The standard InChI is InChI=1S/C16H17N3O2/c20-16(14-7-4-10-17-14)19-12-8-9-15(18-11-12)21-13-5-2-1-3-6-13/h1-3,5-6,8-9,11,14,17H,4,7,10H2,(H,19,20). The summed E-state index contributed by atoms with van der Waals surface area (Å²) in [6.45, 7) is 0.903. The molecule has 2 aromatic rings. The molecule has 1 aliphatic rings. The van der Waals surface area contributed by atoms with Crippen LogP contribution < -0.4 is 15.4 Å². The molecule has 0 spiro atoms. The summed E-state index contributed by atoms with van der Waals surface area (Å²) in [7, 11) is 0. The number of carbonyl (C=O) groups excluding carboxylic acids is 1. The zero-order valence-corrected chi connectivity index (χ0v) is 11.6. The van der Waals surface area contributed by atoms with Gasteiger partial charge in [-0.1, -0.05) is 18.2 Å². The second-order valence-corrected chi connectivity index (χ2v) is 4.94. The van der Waals surface area contributed by atoms with E-state index in [0.717, 1.165) is 25.1 Å². The highest BCUT2D eigenvalue weighted by molar-refractivity contribution is 5.94. The van der Waals surface area contributed by atoms with Crippen LogP contribution in [0.4, 0.5) is 5.69 Å². The number of benzene rings is 1. The van der Waals surface area contributed by atoms with Gasteiger partial charge < -0.3 is 15.4 Å². The summed E-state index contributed by atoms with van der Waals surface area (Å²) in [6, 6.07) is 12.9. The fourth-order valence-corrected chi connectivity index (χ4v) is 2.26. The lowest BCUT2D eigenvalue weighted by Crippen LogP contribution is -2.35. The van der Waals surface area contributed by atoms with E-state index in [1.807, 2.05) is 30.3 Å². The zero-order valence-electron chi connectivity index (χ0n) is 11.6. The first-order chi connectivity index (χ1) is 10.3. The Morgan fingerprint density at radius 2 is 2.10 bits per heavy atom. The van der Waals surface area contributed by atoms with Gasteiger partial charge in [0.25, 0.3) is 0 Å². The quantitative estimate of drug-likeness (QED) is 0.905. The van der Waals surface area contributed by atoms with E-state index in [-0.39, 0.29) is 11.9 Å². The van der Waals surface area contributed by atoms with Crippen molar-refractivity contribution in [3.8, 4) is 11.6 Å². The largest absolute Gasteiger partial charge is 0.439 e. The maximum atomic E-state index is 12.0. The molecule has 2 N–H and O–H groups in total. The zero-order chi connectivity index (χ0) is 14.5. The molecule has 5 nitrogen and oxygen atoms in total. The Morgan fingerprint density at radius 1 is 1.24 bits per heavy atom. The number of amides is 1. The highest BCUT2D eigenvalue weighted by Crippen LogP contribution is 2.20. The number of hydrogen-bond donors (Lipinski definition) is 2. The normalized spacial score (nSPS) is 17.4. The van der Waals surface area contributed by atoms with Crippen LogP contribution in [-0.4, -0.2) is 23.5 Å². The fraction of sp³-hybridized carbons (Fsp3) is 0.250. The average Bonchev–Trinajstić information content (AvgIpc) is 3.05. The highest BCUT2D eigenvalue weighted by Gasteiger charge is 2.21. The third-order valence-electron chi connectivity index (χ3n) is 3.35. The van der Waals surface area contributed by atoms with Crippen molar-refractivity contribution in [1.82, 2.24) is 10.3 Å². The molecule has 1 amide bonds. The van der Waals surface area contributed by atoms with Gasteiger partial charge in [0.15, 0.2) is 0 Å². The van der Waals surface area contributed by atoms with Gasteiger partial charge >= 0.3 is 0 Å². The number of hydrogen-bond acceptors (Lipinski definition) is 4. The Bertz CT molecular complexity index is 593. The SMILES string of the molecule is O=C(Nc1ccc(Oc2ccccc2)nc1)C1CCCN1. The predicted octanol–water partition coefficient (Wildman–Crippen LogP) is 2.56. The van der Waals surface area contributed by atoms with E-state index in [9.17, 15) is 4.79 Å². The van der Waals surface area contributed by atoms with Crippen LogP contribution in [0.3, 0.4) is 0 Å². The number of nitrogens with zero attached hydrogens (tertiary/aromatic N) is 1. The van der Waals surface area contributed by atoms with Gasteiger partial charge in [0.2, 0.25) is 11.8 Å². The van der Waals surface area contributed by atoms with Crippen molar-refractivity contribution in [3.05, 3.63) is 48.7 Å². The van der Waals surface area contributed by atoms with E-state index in [4.69, 9.17) is 4.74 Å². The minimum Gasteiger partial charge on any atom is -0.439 e. The monoisotopic (exact) mass is 283 g/mol. The molecule has 3 rings (SSSR count). The second kappa shape index (κ2) is 6.37. The lowest BCUT2D eigenvalue weighted by molar-refractivity contribution is -0.117. The average molecular weight is 283 g/mol. The van der Waals surface area contributed by atoms with E-state index >= 15 is 0 Å². The van der Waals surface area contributed by atoms with E-state index in [0.29, 0.717) is 11.6 Å². The molecular formula is C16H17N3O2. The number of carbonyl (C=O) groups is 1. The van der Waals surface area contributed by atoms with Crippen LogP contribution in [-0.2, 0) is 4.79 Å². The van der Waals surface area contributed by atoms with Crippen LogP contribution in [0, 0.1) is 0 Å². The first-order valence-corrected chi connectivity index (χ1v) is 7.04. The summed E-state index contributed by atoms with van der Waals surface area (Å²) in [6.07, 6.45) is 3.53. The summed E-state index contributed by atoms with van der Waals surface area (Å²) in [4.78, 5) is 16.2. The van der Waals surface area contributed by atoms with Crippen molar-refractivity contribution in [1.29, 1.82) is 0 Å². The van der Waals surface area contributed by atoms with Crippen molar-refractivity contribution in [2.24, 2.45) is 0 Å². The molecule has 108 valence electrons. The summed E-state index contributed by atoms with van der Waals surface area (Å²) in [5, 5.41) is 6.02. The second-order valence-electron chi connectivity index (χ2n) is 4.94. The summed E-state index contributed by atoms with van der Waals surface area (Å²) >= 11 is 0. The molecule has 1 fully saturated rings. The lowest BCUT2D eigenvalue weighted by Gasteiger charge is -2.11. The Balaban J connectivity index is 1.60. The molecule has 1 atom stereocenters. The molecule has 5 heteroatoms. The van der Waals surface area contributed by atoms with Crippen LogP contribution in [0.1, 0.15) is 12.8 Å². The third-order valence-corrected chi connectivity index (χ3v) is 3.35. The molecule has 21 heavy (non-hydrogen) atoms. The van der Waals surface area contributed by atoms with Gasteiger partial charge in [-0.25, -0.2) is 4.98 Å². The Hall–Kier alpha value is -2.40. The molecule has 0 saturated carbocycles. The first-order valence-electron chi connectivity index (χ1n) is 7.04. The molecular weight excluding hydrogens is 266 g/mol. The minimum atomic E-state index is -0.0924. The summed E-state index contributed by atoms with van der Waals surface area (Å²) in [5.41, 5.74) is 0.675. The van der Waals surface area contributed by atoms with Crippen molar-refractivity contribution < 1.29 is 9.53 Å². The van der Waals surface area contributed by atoms with Gasteiger partial charge in [-0.3, -0.25) is 4.79 Å². The van der Waals surface area contributed by atoms with Crippen LogP contribution >= 0.6 is 0 Å². The number of pyridine rings is 1. The summed E-state index contributed by atoms with van der Waals surface area (Å²) in [5.74, 6) is 1.22. The Morgan fingerprint density at radius 3 is 2.76 bits per heavy atom. The molecule has 0 radical (unpaired) electrons. The Labute approximate surface area is 123 Å². The fourth-order valence-electron chi connectivity index (χ4n) is 2.26. The van der Waals surface area contributed by atoms with Gasteiger partial charge in [-0.05, 0) is 37.6 Å². The lowest BCUT2D eigenvalue weighted by atomic mass is 10.2. The van der Waals surface area contributed by atoms with Gasteiger partial charge in [0.05, 0.1) is 17.9 Å². The van der Waals surface area contributed by atoms with E-state index in [1.165, 1.54) is 0 Å². The molecule has 1 aromatic heterocycles. The predicted molar refractivity (Wildman–Crippen MR) is 80.4 cm³/mol.